The van der Waals surface area contributed by atoms with Crippen LogP contribution in [-0.2, 0) is 12.5 Å². The molecule has 0 spiro atoms. The Labute approximate surface area is 200 Å². The Morgan fingerprint density at radius 3 is 2.58 bits per heavy atom. The van der Waals surface area contributed by atoms with Crippen LogP contribution in [0.4, 0.5) is 22.0 Å². The van der Waals surface area contributed by atoms with Crippen molar-refractivity contribution < 1.29 is 36.2 Å². The van der Waals surface area contributed by atoms with Gasteiger partial charge in [0.2, 0.25) is 0 Å². The fourth-order valence-electron chi connectivity index (χ4n) is 4.30. The van der Waals surface area contributed by atoms with E-state index in [1.54, 1.807) is 24.6 Å². The van der Waals surface area contributed by atoms with Gasteiger partial charge in [-0.15, -0.1) is 0 Å². The topological polar surface area (TPSA) is 78.6 Å². The van der Waals surface area contributed by atoms with Gasteiger partial charge in [0.25, 0.3) is 11.5 Å². The van der Waals surface area contributed by atoms with Gasteiger partial charge in [-0.05, 0) is 38.1 Å². The summed E-state index contributed by atoms with van der Waals surface area (Å²) in [6, 6.07) is 3.80. The molecule has 4 heterocycles. The third kappa shape index (κ3) is 3.52. The largest absolute Gasteiger partial charge is 0.491 e. The van der Waals surface area contributed by atoms with Crippen molar-refractivity contribution in [2.45, 2.75) is 38.5 Å². The number of nitrogens with zero attached hydrogens (tertiary/aromatic N) is 4. The molecule has 13 heteroatoms. The van der Waals surface area contributed by atoms with Gasteiger partial charge in [-0.1, -0.05) is 0 Å². The summed E-state index contributed by atoms with van der Waals surface area (Å²) in [6.07, 6.45) is -1.77. The molecular formula is C23H19F5N4O4. The van der Waals surface area contributed by atoms with Gasteiger partial charge < -0.3 is 23.5 Å². The van der Waals surface area contributed by atoms with Crippen LogP contribution in [0, 0.1) is 12.7 Å². The minimum Gasteiger partial charge on any atom is -0.491 e. The van der Waals surface area contributed by atoms with E-state index in [0.717, 1.165) is 6.07 Å². The van der Waals surface area contributed by atoms with Crippen LogP contribution in [-0.4, -0.2) is 50.2 Å². The number of aromatic nitrogens is 3. The molecule has 1 atom stereocenters. The summed E-state index contributed by atoms with van der Waals surface area (Å²) < 4.78 is 81.8. The van der Waals surface area contributed by atoms with Crippen molar-refractivity contribution in [2.75, 3.05) is 13.2 Å². The highest BCUT2D eigenvalue weighted by molar-refractivity contribution is 5.93. The van der Waals surface area contributed by atoms with Crippen LogP contribution in [0.1, 0.15) is 28.7 Å². The standard InChI is InChI=1S/C23H19F5N4O4/c1-12-9-30(11-29-12)15-4-5-16-21(34)31(7-8-32(16)20(15)33)13(2)10-35-17-6-3-14(24)19-18(17)22(25,26)23(27,28)36-19/h3-6,9,11,13H,7-8,10H2,1-2H3/t13-/m0/s1. The molecule has 0 saturated heterocycles. The van der Waals surface area contributed by atoms with Crippen molar-refractivity contribution >= 4 is 5.91 Å². The summed E-state index contributed by atoms with van der Waals surface area (Å²) >= 11 is 0. The molecule has 0 N–H and O–H groups in total. The number of halogens is 5. The quantitative estimate of drug-likeness (QED) is 0.492. The molecule has 0 unspecified atom stereocenters. The van der Waals surface area contributed by atoms with Gasteiger partial charge in [0.15, 0.2) is 11.6 Å². The number of fused-ring (bicyclic) bond motifs is 2. The van der Waals surface area contributed by atoms with E-state index in [2.05, 4.69) is 9.72 Å². The van der Waals surface area contributed by atoms with Crippen LogP contribution >= 0.6 is 0 Å². The molecule has 1 amide bonds. The number of carbonyl (C=O) groups is 1. The van der Waals surface area contributed by atoms with Crippen molar-refractivity contribution in [1.82, 2.24) is 19.0 Å². The number of benzene rings is 1. The lowest BCUT2D eigenvalue weighted by Crippen LogP contribution is -2.50. The van der Waals surface area contributed by atoms with Crippen LogP contribution < -0.4 is 15.0 Å². The van der Waals surface area contributed by atoms with Gasteiger partial charge in [-0.3, -0.25) is 9.59 Å². The summed E-state index contributed by atoms with van der Waals surface area (Å²) in [6.45, 7) is 3.26. The van der Waals surface area contributed by atoms with Crippen LogP contribution in [0.25, 0.3) is 5.69 Å². The second kappa shape index (κ2) is 8.07. The first kappa shape index (κ1) is 23.8. The smallest absolute Gasteiger partial charge is 0.469 e. The maximum absolute atomic E-state index is 14.2. The Balaban J connectivity index is 1.36. The molecular weight excluding hydrogens is 491 g/mol. The van der Waals surface area contributed by atoms with E-state index in [1.807, 2.05) is 0 Å². The predicted molar refractivity (Wildman–Crippen MR) is 114 cm³/mol. The van der Waals surface area contributed by atoms with Gasteiger partial charge in [0.05, 0.1) is 18.1 Å². The Kier molecular flexibility index (Phi) is 5.34. The van der Waals surface area contributed by atoms with E-state index in [0.29, 0.717) is 17.4 Å². The fourth-order valence-corrected chi connectivity index (χ4v) is 4.30. The zero-order valence-electron chi connectivity index (χ0n) is 19.0. The van der Waals surface area contributed by atoms with E-state index in [-0.39, 0.29) is 30.9 Å². The molecule has 0 fully saturated rings. The molecule has 5 rings (SSSR count). The first-order valence-electron chi connectivity index (χ1n) is 10.9. The second-order valence-electron chi connectivity index (χ2n) is 8.58. The lowest BCUT2D eigenvalue weighted by Gasteiger charge is -2.34. The summed E-state index contributed by atoms with van der Waals surface area (Å²) in [4.78, 5) is 31.5. The highest BCUT2D eigenvalue weighted by Gasteiger charge is 2.68. The number of pyridine rings is 1. The average molecular weight is 510 g/mol. The highest BCUT2D eigenvalue weighted by atomic mass is 19.3. The maximum atomic E-state index is 14.2. The molecule has 0 aliphatic carbocycles. The monoisotopic (exact) mass is 510 g/mol. The van der Waals surface area contributed by atoms with Gasteiger partial charge in [-0.25, -0.2) is 9.37 Å². The number of imidazole rings is 1. The molecule has 0 radical (unpaired) electrons. The summed E-state index contributed by atoms with van der Waals surface area (Å²) in [5.74, 6) is -8.63. The number of ether oxygens (including phenoxy) is 2. The first-order chi connectivity index (χ1) is 16.9. The molecule has 2 aliphatic rings. The molecule has 3 aromatic rings. The fraction of sp³-hybridized carbons (Fsp3) is 0.348. The maximum Gasteiger partial charge on any atom is 0.469 e. The molecule has 0 saturated carbocycles. The number of aryl methyl sites for hydroxylation is 1. The Bertz CT molecular complexity index is 1430. The lowest BCUT2D eigenvalue weighted by molar-refractivity contribution is -0.297. The van der Waals surface area contributed by atoms with Crippen LogP contribution in [0.15, 0.2) is 41.6 Å². The zero-order chi connectivity index (χ0) is 26.0. The molecule has 1 aromatic carbocycles. The molecule has 190 valence electrons. The van der Waals surface area contributed by atoms with Crippen LogP contribution in [0.5, 0.6) is 11.5 Å². The molecule has 36 heavy (non-hydrogen) atoms. The molecule has 2 aliphatic heterocycles. The van der Waals surface area contributed by atoms with Crippen molar-refractivity contribution in [3.8, 4) is 17.2 Å². The average Bonchev–Trinajstić information content (AvgIpc) is 3.32. The van der Waals surface area contributed by atoms with Crippen LogP contribution in [0.2, 0.25) is 0 Å². The van der Waals surface area contributed by atoms with E-state index < -0.39 is 46.9 Å². The molecule has 8 nitrogen and oxygen atoms in total. The number of carbonyl (C=O) groups excluding carboxylic acids is 1. The Morgan fingerprint density at radius 1 is 1.14 bits per heavy atom. The molecule has 0 bridgehead atoms. The van der Waals surface area contributed by atoms with Crippen molar-refractivity contribution in [2.24, 2.45) is 0 Å². The third-order valence-corrected chi connectivity index (χ3v) is 6.18. The third-order valence-electron chi connectivity index (χ3n) is 6.18. The van der Waals surface area contributed by atoms with Gasteiger partial charge in [0.1, 0.15) is 29.3 Å². The minimum atomic E-state index is -4.94. The normalized spacial score (nSPS) is 18.4. The number of hydrogen-bond acceptors (Lipinski definition) is 5. The van der Waals surface area contributed by atoms with Crippen molar-refractivity contribution in [3.05, 3.63) is 69.9 Å². The van der Waals surface area contributed by atoms with Crippen molar-refractivity contribution in [3.63, 3.8) is 0 Å². The minimum absolute atomic E-state index is 0.113. The Morgan fingerprint density at radius 2 is 1.89 bits per heavy atom. The Hall–Kier alpha value is -3.90. The SMILES string of the molecule is Cc1cn(-c2ccc3n(c2=O)CCN([C@@H](C)COc2ccc(F)c4c2C(F)(F)C(F)(F)O4)C3=O)cn1. The van der Waals surface area contributed by atoms with Gasteiger partial charge in [0, 0.05) is 19.3 Å². The number of hydrogen-bond donors (Lipinski definition) is 0. The van der Waals surface area contributed by atoms with Crippen molar-refractivity contribution in [1.29, 1.82) is 0 Å². The first-order valence-corrected chi connectivity index (χ1v) is 10.9. The summed E-state index contributed by atoms with van der Waals surface area (Å²) in [5.41, 5.74) is -0.605. The zero-order valence-corrected chi connectivity index (χ0v) is 19.0. The van der Waals surface area contributed by atoms with E-state index in [4.69, 9.17) is 4.74 Å². The van der Waals surface area contributed by atoms with Crippen LogP contribution in [0.3, 0.4) is 0 Å². The molecule has 2 aromatic heterocycles. The second-order valence-corrected chi connectivity index (χ2v) is 8.58. The highest BCUT2D eigenvalue weighted by Crippen LogP contribution is 2.57. The van der Waals surface area contributed by atoms with Gasteiger partial charge in [-0.2, -0.15) is 17.6 Å². The summed E-state index contributed by atoms with van der Waals surface area (Å²) in [7, 11) is 0. The van der Waals surface area contributed by atoms with Gasteiger partial charge >= 0.3 is 12.0 Å². The number of rotatable bonds is 5. The van der Waals surface area contributed by atoms with E-state index >= 15 is 0 Å². The van der Waals surface area contributed by atoms with E-state index in [9.17, 15) is 31.5 Å². The number of alkyl halides is 4. The predicted octanol–water partition coefficient (Wildman–Crippen LogP) is 3.48. The van der Waals surface area contributed by atoms with E-state index in [1.165, 1.54) is 27.9 Å². The summed E-state index contributed by atoms with van der Waals surface area (Å²) in [5, 5.41) is 0. The number of amides is 1. The lowest BCUT2D eigenvalue weighted by atomic mass is 10.1.